The molecule has 1 aromatic carbocycles. The fourth-order valence-corrected chi connectivity index (χ4v) is 3.03. The summed E-state index contributed by atoms with van der Waals surface area (Å²) in [5.74, 6) is 0.763. The number of hydrogen-bond acceptors (Lipinski definition) is 2. The molecule has 0 fully saturated rings. The Hall–Kier alpha value is -1.02. The van der Waals surface area contributed by atoms with Crippen molar-refractivity contribution in [1.82, 2.24) is 5.32 Å². The van der Waals surface area contributed by atoms with Crippen LogP contribution in [-0.4, -0.2) is 25.7 Å². The fourth-order valence-electron chi connectivity index (χ4n) is 3.03. The molecule has 0 aliphatic carbocycles. The van der Waals surface area contributed by atoms with Crippen LogP contribution in [0, 0.1) is 5.92 Å². The van der Waals surface area contributed by atoms with Gasteiger partial charge in [-0.05, 0) is 43.4 Å². The van der Waals surface area contributed by atoms with Crippen LogP contribution in [0.5, 0.6) is 0 Å². The maximum atomic E-state index is 3.67. The third-order valence-electron chi connectivity index (χ3n) is 4.05. The predicted octanol–water partition coefficient (Wildman–Crippen LogP) is 3.46. The lowest BCUT2D eigenvalue weighted by Crippen LogP contribution is -2.44. The lowest BCUT2D eigenvalue weighted by Gasteiger charge is -2.37. The minimum absolute atomic E-state index is 0.610. The van der Waals surface area contributed by atoms with E-state index >= 15 is 0 Å². The Morgan fingerprint density at radius 3 is 2.84 bits per heavy atom. The Morgan fingerprint density at radius 2 is 2.11 bits per heavy atom. The minimum Gasteiger partial charge on any atom is -0.369 e. The van der Waals surface area contributed by atoms with Crippen molar-refractivity contribution in [1.29, 1.82) is 0 Å². The summed E-state index contributed by atoms with van der Waals surface area (Å²) in [5.41, 5.74) is 2.98. The third-order valence-corrected chi connectivity index (χ3v) is 4.05. The van der Waals surface area contributed by atoms with Gasteiger partial charge in [0.25, 0.3) is 0 Å². The fraction of sp³-hybridized carbons (Fsp3) is 0.647. The highest BCUT2D eigenvalue weighted by molar-refractivity contribution is 5.55. The monoisotopic (exact) mass is 260 g/mol. The Morgan fingerprint density at radius 1 is 1.32 bits per heavy atom. The van der Waals surface area contributed by atoms with Gasteiger partial charge in [0.05, 0.1) is 0 Å². The number of anilines is 1. The molecule has 1 N–H and O–H groups in total. The summed E-state index contributed by atoms with van der Waals surface area (Å²) < 4.78 is 0. The first-order valence-electron chi connectivity index (χ1n) is 7.80. The second-order valence-electron chi connectivity index (χ2n) is 5.90. The standard InChI is InChI=1S/C17H28N2/c1-4-10-18-16(5-2)13-19-12-14(3)11-15-8-6-7-9-17(15)19/h6-9,14,16,18H,4-5,10-13H2,1-3H3. The molecule has 106 valence electrons. The number of nitrogens with one attached hydrogen (secondary N) is 1. The van der Waals surface area contributed by atoms with E-state index in [1.54, 1.807) is 0 Å². The topological polar surface area (TPSA) is 15.3 Å². The van der Waals surface area contributed by atoms with Crippen LogP contribution in [-0.2, 0) is 6.42 Å². The smallest absolute Gasteiger partial charge is 0.0399 e. The Labute approximate surface area is 118 Å². The van der Waals surface area contributed by atoms with E-state index in [1.165, 1.54) is 37.1 Å². The van der Waals surface area contributed by atoms with Crippen molar-refractivity contribution in [2.75, 3.05) is 24.5 Å². The molecule has 0 amide bonds. The van der Waals surface area contributed by atoms with Crippen molar-refractivity contribution in [2.45, 2.75) is 46.1 Å². The lowest BCUT2D eigenvalue weighted by molar-refractivity contribution is 0.456. The van der Waals surface area contributed by atoms with Gasteiger partial charge in [-0.25, -0.2) is 0 Å². The number of para-hydroxylation sites is 1. The van der Waals surface area contributed by atoms with Crippen LogP contribution < -0.4 is 10.2 Å². The Balaban J connectivity index is 2.07. The molecule has 1 aliphatic heterocycles. The lowest BCUT2D eigenvalue weighted by atomic mass is 9.93. The summed E-state index contributed by atoms with van der Waals surface area (Å²) in [6.07, 6.45) is 3.64. The van der Waals surface area contributed by atoms with E-state index in [2.05, 4.69) is 55.3 Å². The zero-order valence-corrected chi connectivity index (χ0v) is 12.7. The molecule has 0 saturated heterocycles. The predicted molar refractivity (Wildman–Crippen MR) is 83.9 cm³/mol. The van der Waals surface area contributed by atoms with Crippen molar-refractivity contribution in [3.8, 4) is 0 Å². The molecule has 2 atom stereocenters. The van der Waals surface area contributed by atoms with Crippen molar-refractivity contribution in [3.05, 3.63) is 29.8 Å². The Bertz CT molecular complexity index is 389. The van der Waals surface area contributed by atoms with Crippen LogP contribution in [0.1, 0.15) is 39.2 Å². The van der Waals surface area contributed by atoms with Crippen molar-refractivity contribution < 1.29 is 0 Å². The van der Waals surface area contributed by atoms with Gasteiger partial charge < -0.3 is 10.2 Å². The van der Waals surface area contributed by atoms with Crippen LogP contribution in [0.15, 0.2) is 24.3 Å². The van der Waals surface area contributed by atoms with Gasteiger partial charge in [0.15, 0.2) is 0 Å². The van der Waals surface area contributed by atoms with Gasteiger partial charge in [0.2, 0.25) is 0 Å². The number of nitrogens with zero attached hydrogens (tertiary/aromatic N) is 1. The van der Waals surface area contributed by atoms with Crippen molar-refractivity contribution in [3.63, 3.8) is 0 Å². The maximum Gasteiger partial charge on any atom is 0.0399 e. The van der Waals surface area contributed by atoms with E-state index < -0.39 is 0 Å². The van der Waals surface area contributed by atoms with Crippen LogP contribution >= 0.6 is 0 Å². The second-order valence-corrected chi connectivity index (χ2v) is 5.90. The van der Waals surface area contributed by atoms with Gasteiger partial charge in [0.1, 0.15) is 0 Å². The summed E-state index contributed by atoms with van der Waals surface area (Å²) in [6, 6.07) is 9.52. The number of fused-ring (bicyclic) bond motifs is 1. The van der Waals surface area contributed by atoms with Gasteiger partial charge in [-0.15, -0.1) is 0 Å². The van der Waals surface area contributed by atoms with Gasteiger partial charge in [0, 0.05) is 24.8 Å². The highest BCUT2D eigenvalue weighted by Gasteiger charge is 2.22. The summed E-state index contributed by atoms with van der Waals surface area (Å²) >= 11 is 0. The molecule has 0 radical (unpaired) electrons. The van der Waals surface area contributed by atoms with Crippen LogP contribution in [0.4, 0.5) is 5.69 Å². The van der Waals surface area contributed by atoms with E-state index in [4.69, 9.17) is 0 Å². The molecule has 1 aromatic rings. The van der Waals surface area contributed by atoms with E-state index in [0.717, 1.165) is 19.0 Å². The molecular weight excluding hydrogens is 232 g/mol. The molecule has 0 saturated carbocycles. The zero-order chi connectivity index (χ0) is 13.7. The van der Waals surface area contributed by atoms with Gasteiger partial charge >= 0.3 is 0 Å². The van der Waals surface area contributed by atoms with Crippen LogP contribution in [0.25, 0.3) is 0 Å². The number of benzene rings is 1. The third kappa shape index (κ3) is 3.73. The van der Waals surface area contributed by atoms with E-state index in [9.17, 15) is 0 Å². The molecule has 19 heavy (non-hydrogen) atoms. The summed E-state index contributed by atoms with van der Waals surface area (Å²) in [5, 5.41) is 3.67. The molecule has 1 heterocycles. The molecule has 2 unspecified atom stereocenters. The first kappa shape index (κ1) is 14.4. The molecular formula is C17H28N2. The molecule has 2 heteroatoms. The van der Waals surface area contributed by atoms with Crippen LogP contribution in [0.2, 0.25) is 0 Å². The molecule has 1 aliphatic rings. The van der Waals surface area contributed by atoms with Gasteiger partial charge in [-0.1, -0.05) is 39.0 Å². The number of hydrogen-bond donors (Lipinski definition) is 1. The second kappa shape index (κ2) is 6.95. The molecule has 2 nitrogen and oxygen atoms in total. The SMILES string of the molecule is CCCNC(CC)CN1CC(C)Cc2ccccc21. The van der Waals surface area contributed by atoms with Crippen molar-refractivity contribution >= 4 is 5.69 Å². The summed E-state index contributed by atoms with van der Waals surface area (Å²) in [4.78, 5) is 2.58. The number of rotatable bonds is 6. The van der Waals surface area contributed by atoms with E-state index in [-0.39, 0.29) is 0 Å². The van der Waals surface area contributed by atoms with Crippen molar-refractivity contribution in [2.24, 2.45) is 5.92 Å². The Kier molecular flexibility index (Phi) is 5.26. The van der Waals surface area contributed by atoms with Gasteiger partial charge in [-0.3, -0.25) is 0 Å². The quantitative estimate of drug-likeness (QED) is 0.842. The largest absolute Gasteiger partial charge is 0.369 e. The molecule has 0 spiro atoms. The average molecular weight is 260 g/mol. The first-order valence-corrected chi connectivity index (χ1v) is 7.80. The average Bonchev–Trinajstić information content (AvgIpc) is 2.43. The first-order chi connectivity index (χ1) is 9.24. The highest BCUT2D eigenvalue weighted by atomic mass is 15.2. The van der Waals surface area contributed by atoms with E-state index in [1.807, 2.05) is 0 Å². The normalized spacial score (nSPS) is 20.2. The molecule has 0 aromatic heterocycles. The van der Waals surface area contributed by atoms with E-state index in [0.29, 0.717) is 6.04 Å². The van der Waals surface area contributed by atoms with Gasteiger partial charge in [-0.2, -0.15) is 0 Å². The maximum absolute atomic E-state index is 3.67. The summed E-state index contributed by atoms with van der Waals surface area (Å²) in [7, 11) is 0. The zero-order valence-electron chi connectivity index (χ0n) is 12.7. The molecule has 2 rings (SSSR count). The molecule has 0 bridgehead atoms. The minimum atomic E-state index is 0.610. The van der Waals surface area contributed by atoms with Crippen LogP contribution in [0.3, 0.4) is 0 Å². The highest BCUT2D eigenvalue weighted by Crippen LogP contribution is 2.29. The summed E-state index contributed by atoms with van der Waals surface area (Å²) in [6.45, 7) is 10.3.